The molecule has 2 amide bonds. The molecule has 0 radical (unpaired) electrons. The highest BCUT2D eigenvalue weighted by Crippen LogP contribution is 2.38. The number of amides is 2. The van der Waals surface area contributed by atoms with Crippen molar-refractivity contribution in [1.29, 1.82) is 0 Å². The normalized spacial score (nSPS) is 21.3. The van der Waals surface area contributed by atoms with Crippen LogP contribution in [0.25, 0.3) is 0 Å². The third-order valence-electron chi connectivity index (χ3n) is 5.33. The number of anilines is 1. The molecule has 2 fully saturated rings. The van der Waals surface area contributed by atoms with Crippen LogP contribution in [0.2, 0.25) is 0 Å². The molecular weight excluding hydrogens is 352 g/mol. The molecule has 8 nitrogen and oxygen atoms in total. The number of likely N-dealkylation sites (tertiary alicyclic amines) is 1. The van der Waals surface area contributed by atoms with Crippen LogP contribution in [-0.4, -0.2) is 55.1 Å². The zero-order chi connectivity index (χ0) is 19.6. The van der Waals surface area contributed by atoms with Crippen LogP contribution < -0.4 is 14.8 Å². The number of rotatable bonds is 6. The van der Waals surface area contributed by atoms with Crippen molar-refractivity contribution in [2.24, 2.45) is 11.8 Å². The molecule has 27 heavy (non-hydrogen) atoms. The van der Waals surface area contributed by atoms with E-state index in [1.807, 2.05) is 0 Å². The van der Waals surface area contributed by atoms with Gasteiger partial charge in [0.05, 0.1) is 37.3 Å². The summed E-state index contributed by atoms with van der Waals surface area (Å²) in [5.41, 5.74) is 0.625. The minimum atomic E-state index is -0.970. The first-order valence-electron chi connectivity index (χ1n) is 9.05. The van der Waals surface area contributed by atoms with Crippen molar-refractivity contribution in [3.63, 3.8) is 0 Å². The second kappa shape index (κ2) is 7.85. The summed E-state index contributed by atoms with van der Waals surface area (Å²) in [6.07, 6.45) is 2.90. The number of hydrogen-bond donors (Lipinski definition) is 2. The Labute approximate surface area is 157 Å². The lowest BCUT2D eigenvalue weighted by Crippen LogP contribution is -2.41. The molecular formula is C19H24N2O6. The number of carbonyl (C=O) groups excluding carboxylic acids is 2. The molecule has 1 aliphatic heterocycles. The average Bonchev–Trinajstić information content (AvgIpc) is 3.13. The molecule has 3 rings (SSSR count). The maximum Gasteiger partial charge on any atom is 0.307 e. The van der Waals surface area contributed by atoms with Crippen molar-refractivity contribution in [2.45, 2.75) is 25.7 Å². The zero-order valence-electron chi connectivity index (χ0n) is 15.5. The highest BCUT2D eigenvalue weighted by atomic mass is 16.5. The molecule has 0 spiro atoms. The van der Waals surface area contributed by atoms with E-state index in [1.165, 1.54) is 14.2 Å². The van der Waals surface area contributed by atoms with Crippen LogP contribution in [0.3, 0.4) is 0 Å². The van der Waals surface area contributed by atoms with E-state index in [1.54, 1.807) is 17.0 Å². The van der Waals surface area contributed by atoms with E-state index < -0.39 is 23.7 Å². The van der Waals surface area contributed by atoms with Gasteiger partial charge in [-0.3, -0.25) is 14.4 Å². The second-order valence-electron chi connectivity index (χ2n) is 6.87. The Kier molecular flexibility index (Phi) is 5.53. The number of nitrogens with zero attached hydrogens (tertiary/aromatic N) is 1. The van der Waals surface area contributed by atoms with Gasteiger partial charge in [0, 0.05) is 19.2 Å². The highest BCUT2D eigenvalue weighted by Gasteiger charge is 2.41. The third-order valence-corrected chi connectivity index (χ3v) is 5.33. The number of hydrogen-bond acceptors (Lipinski definition) is 5. The summed E-state index contributed by atoms with van der Waals surface area (Å²) in [6.45, 7) is 1.34. The molecule has 146 valence electrons. The standard InChI is InChI=1S/C19H24N2O6/c1-26-15-9-13(18(23)21-7-3-4-8-21)14(10-16(15)27-2)20-17(22)11-5-6-12(11)19(24)25/h9-12H,3-8H2,1-2H3,(H,20,22)(H,24,25). The number of carboxylic acids is 1. The predicted molar refractivity (Wildman–Crippen MR) is 97.2 cm³/mol. The summed E-state index contributed by atoms with van der Waals surface area (Å²) >= 11 is 0. The van der Waals surface area contributed by atoms with Crippen LogP contribution in [0.4, 0.5) is 5.69 Å². The fourth-order valence-corrected chi connectivity index (χ4v) is 3.58. The number of nitrogens with one attached hydrogen (secondary N) is 1. The molecule has 1 aliphatic carbocycles. The Bertz CT molecular complexity index is 757. The summed E-state index contributed by atoms with van der Waals surface area (Å²) in [5, 5.41) is 11.9. The van der Waals surface area contributed by atoms with Gasteiger partial charge in [0.15, 0.2) is 11.5 Å². The highest BCUT2D eigenvalue weighted by molar-refractivity contribution is 6.05. The third kappa shape index (κ3) is 3.70. The largest absolute Gasteiger partial charge is 0.493 e. The molecule has 1 aromatic carbocycles. The number of carbonyl (C=O) groups is 3. The van der Waals surface area contributed by atoms with Gasteiger partial charge in [0.25, 0.3) is 5.91 Å². The van der Waals surface area contributed by atoms with Gasteiger partial charge in [-0.1, -0.05) is 0 Å². The second-order valence-corrected chi connectivity index (χ2v) is 6.87. The Morgan fingerprint density at radius 3 is 2.15 bits per heavy atom. The number of methoxy groups -OCH3 is 2. The van der Waals surface area contributed by atoms with Crippen LogP contribution in [0.1, 0.15) is 36.0 Å². The Morgan fingerprint density at radius 2 is 1.63 bits per heavy atom. The molecule has 1 saturated heterocycles. The SMILES string of the molecule is COc1cc(NC(=O)C2CCC2C(=O)O)c(C(=O)N2CCCC2)cc1OC. The fourth-order valence-electron chi connectivity index (χ4n) is 3.58. The van der Waals surface area contributed by atoms with E-state index in [0.29, 0.717) is 48.7 Å². The molecule has 2 atom stereocenters. The molecule has 2 aliphatic rings. The van der Waals surface area contributed by atoms with Crippen molar-refractivity contribution in [3.8, 4) is 11.5 Å². The van der Waals surface area contributed by atoms with Gasteiger partial charge >= 0.3 is 5.97 Å². The summed E-state index contributed by atoms with van der Waals surface area (Å²) < 4.78 is 10.6. The van der Waals surface area contributed by atoms with Crippen LogP contribution in [0.15, 0.2) is 12.1 Å². The smallest absolute Gasteiger partial charge is 0.307 e. The minimum Gasteiger partial charge on any atom is -0.493 e. The lowest BCUT2D eigenvalue weighted by molar-refractivity contribution is -0.151. The van der Waals surface area contributed by atoms with Crippen LogP contribution in [0.5, 0.6) is 11.5 Å². The van der Waals surface area contributed by atoms with Gasteiger partial charge in [-0.05, 0) is 31.7 Å². The summed E-state index contributed by atoms with van der Waals surface area (Å²) in [6, 6.07) is 3.11. The molecule has 1 saturated carbocycles. The Hall–Kier alpha value is -2.77. The first kappa shape index (κ1) is 19.0. The van der Waals surface area contributed by atoms with Crippen LogP contribution in [0, 0.1) is 11.8 Å². The number of ether oxygens (including phenoxy) is 2. The van der Waals surface area contributed by atoms with Crippen LogP contribution >= 0.6 is 0 Å². The lowest BCUT2D eigenvalue weighted by Gasteiger charge is -2.32. The van der Waals surface area contributed by atoms with Crippen LogP contribution in [-0.2, 0) is 9.59 Å². The van der Waals surface area contributed by atoms with Crippen molar-refractivity contribution in [1.82, 2.24) is 4.90 Å². The first-order chi connectivity index (χ1) is 13.0. The maximum atomic E-state index is 12.9. The topological polar surface area (TPSA) is 105 Å². The number of aliphatic carboxylic acids is 1. The Balaban J connectivity index is 1.90. The van der Waals surface area contributed by atoms with E-state index in [9.17, 15) is 19.5 Å². The van der Waals surface area contributed by atoms with Crippen molar-refractivity contribution < 1.29 is 29.0 Å². The number of carboxylic acid groups (broad SMARTS) is 1. The van der Waals surface area contributed by atoms with Crippen molar-refractivity contribution in [2.75, 3.05) is 32.6 Å². The molecule has 0 bridgehead atoms. The quantitative estimate of drug-likeness (QED) is 0.787. The molecule has 1 aromatic rings. The van der Waals surface area contributed by atoms with Gasteiger partial charge in [-0.25, -0.2) is 0 Å². The van der Waals surface area contributed by atoms with E-state index in [2.05, 4.69) is 5.32 Å². The monoisotopic (exact) mass is 376 g/mol. The van der Waals surface area contributed by atoms with E-state index >= 15 is 0 Å². The van der Waals surface area contributed by atoms with E-state index in [4.69, 9.17) is 9.47 Å². The van der Waals surface area contributed by atoms with Gasteiger partial charge < -0.3 is 24.8 Å². The Morgan fingerprint density at radius 1 is 1.04 bits per heavy atom. The predicted octanol–water partition coefficient (Wildman–Crippen LogP) is 1.99. The van der Waals surface area contributed by atoms with Gasteiger partial charge in [0.2, 0.25) is 5.91 Å². The molecule has 2 N–H and O–H groups in total. The maximum absolute atomic E-state index is 12.9. The molecule has 2 unspecified atom stereocenters. The van der Waals surface area contributed by atoms with Gasteiger partial charge in [0.1, 0.15) is 0 Å². The molecule has 1 heterocycles. The van der Waals surface area contributed by atoms with Gasteiger partial charge in [-0.15, -0.1) is 0 Å². The number of benzene rings is 1. The summed E-state index contributed by atoms with van der Waals surface area (Å²) in [4.78, 5) is 38.5. The summed E-state index contributed by atoms with van der Waals surface area (Å²) in [5.74, 6) is -2.04. The lowest BCUT2D eigenvalue weighted by atomic mass is 9.73. The van der Waals surface area contributed by atoms with Crippen molar-refractivity contribution in [3.05, 3.63) is 17.7 Å². The fraction of sp³-hybridized carbons (Fsp3) is 0.526. The van der Waals surface area contributed by atoms with Gasteiger partial charge in [-0.2, -0.15) is 0 Å². The molecule has 8 heteroatoms. The minimum absolute atomic E-state index is 0.188. The van der Waals surface area contributed by atoms with E-state index in [0.717, 1.165) is 12.8 Å². The van der Waals surface area contributed by atoms with E-state index in [-0.39, 0.29) is 5.91 Å². The molecule has 0 aromatic heterocycles. The average molecular weight is 376 g/mol. The first-order valence-corrected chi connectivity index (χ1v) is 9.05. The zero-order valence-corrected chi connectivity index (χ0v) is 15.5. The van der Waals surface area contributed by atoms with Crippen molar-refractivity contribution >= 4 is 23.5 Å². The summed E-state index contributed by atoms with van der Waals surface area (Å²) in [7, 11) is 2.95.